The van der Waals surface area contributed by atoms with Gasteiger partial charge in [0.2, 0.25) is 5.91 Å². The number of benzene rings is 2. The monoisotopic (exact) mass is 395 g/mol. The quantitative estimate of drug-likeness (QED) is 0.639. The summed E-state index contributed by atoms with van der Waals surface area (Å²) in [6.07, 6.45) is 3.01. The Hall–Kier alpha value is -2.86. The first-order chi connectivity index (χ1) is 14.1. The van der Waals surface area contributed by atoms with E-state index in [-0.39, 0.29) is 24.5 Å². The van der Waals surface area contributed by atoms with Gasteiger partial charge in [-0.2, -0.15) is 0 Å². The van der Waals surface area contributed by atoms with Gasteiger partial charge in [0.25, 0.3) is 5.91 Å². The van der Waals surface area contributed by atoms with Crippen LogP contribution in [0.4, 0.5) is 11.4 Å². The van der Waals surface area contributed by atoms with Gasteiger partial charge in [-0.1, -0.05) is 31.2 Å². The van der Waals surface area contributed by atoms with Crippen LogP contribution in [0.5, 0.6) is 0 Å². The Balaban J connectivity index is 1.54. The summed E-state index contributed by atoms with van der Waals surface area (Å²) in [5.74, 6) is -0.325. The van der Waals surface area contributed by atoms with Gasteiger partial charge in [0, 0.05) is 30.1 Å². The number of aryl methyl sites for hydroxylation is 2. The van der Waals surface area contributed by atoms with Crippen molar-refractivity contribution in [2.75, 3.05) is 30.3 Å². The number of para-hydroxylation sites is 1. The van der Waals surface area contributed by atoms with Gasteiger partial charge < -0.3 is 20.7 Å². The first kappa shape index (κ1) is 20.9. The average molecular weight is 396 g/mol. The highest BCUT2D eigenvalue weighted by Crippen LogP contribution is 2.21. The molecule has 3 rings (SSSR count). The van der Waals surface area contributed by atoms with Crippen molar-refractivity contribution in [2.24, 2.45) is 0 Å². The van der Waals surface area contributed by atoms with Gasteiger partial charge in [-0.15, -0.1) is 0 Å². The molecule has 154 valence electrons. The molecule has 0 bridgehead atoms. The van der Waals surface area contributed by atoms with Gasteiger partial charge in [0.15, 0.2) is 0 Å². The minimum absolute atomic E-state index is 0.0994. The SMILES string of the molecule is CCc1cccc(C)c1NCC(=O)Nc1cccc(C(=O)NCC2CCCO2)c1. The van der Waals surface area contributed by atoms with Gasteiger partial charge in [0.1, 0.15) is 0 Å². The average Bonchev–Trinajstić information content (AvgIpc) is 3.24. The zero-order valence-electron chi connectivity index (χ0n) is 17.1. The summed E-state index contributed by atoms with van der Waals surface area (Å²) >= 11 is 0. The molecule has 1 saturated heterocycles. The van der Waals surface area contributed by atoms with Gasteiger partial charge in [-0.3, -0.25) is 9.59 Å². The van der Waals surface area contributed by atoms with E-state index in [1.807, 2.05) is 19.1 Å². The first-order valence-corrected chi connectivity index (χ1v) is 10.2. The van der Waals surface area contributed by atoms with E-state index in [1.165, 1.54) is 5.56 Å². The van der Waals surface area contributed by atoms with E-state index < -0.39 is 0 Å². The van der Waals surface area contributed by atoms with Crippen molar-refractivity contribution in [1.29, 1.82) is 0 Å². The van der Waals surface area contributed by atoms with Gasteiger partial charge in [-0.05, 0) is 55.5 Å². The fourth-order valence-electron chi connectivity index (χ4n) is 3.50. The highest BCUT2D eigenvalue weighted by atomic mass is 16.5. The molecule has 0 aliphatic carbocycles. The van der Waals surface area contributed by atoms with E-state index >= 15 is 0 Å². The number of hydrogen-bond acceptors (Lipinski definition) is 4. The normalized spacial score (nSPS) is 15.7. The zero-order chi connectivity index (χ0) is 20.6. The van der Waals surface area contributed by atoms with Gasteiger partial charge >= 0.3 is 0 Å². The van der Waals surface area contributed by atoms with Crippen LogP contribution in [0, 0.1) is 6.92 Å². The molecule has 3 N–H and O–H groups in total. The summed E-state index contributed by atoms with van der Waals surface area (Å²) in [4.78, 5) is 24.8. The number of ether oxygens (including phenoxy) is 1. The summed E-state index contributed by atoms with van der Waals surface area (Å²) in [7, 11) is 0. The van der Waals surface area contributed by atoms with Crippen LogP contribution in [0.2, 0.25) is 0 Å². The largest absolute Gasteiger partial charge is 0.376 e. The lowest BCUT2D eigenvalue weighted by molar-refractivity contribution is -0.114. The fraction of sp³-hybridized carbons (Fsp3) is 0.391. The summed E-state index contributed by atoms with van der Waals surface area (Å²) in [6.45, 7) is 5.55. The summed E-state index contributed by atoms with van der Waals surface area (Å²) in [5.41, 5.74) is 4.42. The maximum absolute atomic E-state index is 12.4. The number of carbonyl (C=O) groups excluding carboxylic acids is 2. The Labute approximate surface area is 172 Å². The summed E-state index contributed by atoms with van der Waals surface area (Å²) in [5, 5.41) is 8.99. The molecule has 1 heterocycles. The molecule has 0 aromatic heterocycles. The predicted octanol–water partition coefficient (Wildman–Crippen LogP) is 3.52. The number of amides is 2. The molecule has 0 radical (unpaired) electrons. The highest BCUT2D eigenvalue weighted by molar-refractivity contribution is 5.98. The molecule has 6 nitrogen and oxygen atoms in total. The van der Waals surface area contributed by atoms with E-state index in [0.29, 0.717) is 17.8 Å². The van der Waals surface area contributed by atoms with Crippen LogP contribution in [0.15, 0.2) is 42.5 Å². The van der Waals surface area contributed by atoms with E-state index in [1.54, 1.807) is 24.3 Å². The van der Waals surface area contributed by atoms with Crippen molar-refractivity contribution in [3.63, 3.8) is 0 Å². The highest BCUT2D eigenvalue weighted by Gasteiger charge is 2.17. The van der Waals surface area contributed by atoms with Crippen molar-refractivity contribution in [1.82, 2.24) is 5.32 Å². The Morgan fingerprint density at radius 1 is 1.17 bits per heavy atom. The zero-order valence-corrected chi connectivity index (χ0v) is 17.1. The fourth-order valence-corrected chi connectivity index (χ4v) is 3.50. The van der Waals surface area contributed by atoms with E-state index in [2.05, 4.69) is 28.9 Å². The van der Waals surface area contributed by atoms with Crippen LogP contribution in [0.1, 0.15) is 41.3 Å². The molecule has 1 atom stereocenters. The first-order valence-electron chi connectivity index (χ1n) is 10.2. The minimum Gasteiger partial charge on any atom is -0.376 e. The van der Waals surface area contributed by atoms with Crippen LogP contribution < -0.4 is 16.0 Å². The second kappa shape index (κ2) is 10.1. The van der Waals surface area contributed by atoms with Crippen LogP contribution >= 0.6 is 0 Å². The second-order valence-corrected chi connectivity index (χ2v) is 7.29. The van der Waals surface area contributed by atoms with Crippen LogP contribution in [0.3, 0.4) is 0 Å². The summed E-state index contributed by atoms with van der Waals surface area (Å²) in [6, 6.07) is 13.1. The Morgan fingerprint density at radius 2 is 2.00 bits per heavy atom. The van der Waals surface area contributed by atoms with Crippen molar-refractivity contribution in [2.45, 2.75) is 39.2 Å². The third-order valence-electron chi connectivity index (χ3n) is 5.09. The van der Waals surface area contributed by atoms with E-state index in [4.69, 9.17) is 4.74 Å². The lowest BCUT2D eigenvalue weighted by Crippen LogP contribution is -2.31. The second-order valence-electron chi connectivity index (χ2n) is 7.29. The molecule has 1 fully saturated rings. The van der Waals surface area contributed by atoms with Crippen LogP contribution in [-0.2, 0) is 16.0 Å². The molecule has 0 spiro atoms. The minimum atomic E-state index is -0.165. The Bertz CT molecular complexity index is 860. The molecule has 29 heavy (non-hydrogen) atoms. The van der Waals surface area contributed by atoms with Crippen molar-refractivity contribution in [3.8, 4) is 0 Å². The number of rotatable bonds is 8. The number of hydrogen-bond donors (Lipinski definition) is 3. The third-order valence-corrected chi connectivity index (χ3v) is 5.09. The summed E-state index contributed by atoms with van der Waals surface area (Å²) < 4.78 is 5.53. The third kappa shape index (κ3) is 5.81. The number of anilines is 2. The number of nitrogens with one attached hydrogen (secondary N) is 3. The van der Waals surface area contributed by atoms with Gasteiger partial charge in [0.05, 0.1) is 12.6 Å². The molecule has 1 aliphatic rings. The molecule has 2 aromatic carbocycles. The lowest BCUT2D eigenvalue weighted by atomic mass is 10.1. The number of carbonyl (C=O) groups is 2. The van der Waals surface area contributed by atoms with Crippen molar-refractivity contribution < 1.29 is 14.3 Å². The van der Waals surface area contributed by atoms with E-state index in [9.17, 15) is 9.59 Å². The Kier molecular flexibility index (Phi) is 7.25. The molecular formula is C23H29N3O3. The molecule has 2 aromatic rings. The molecule has 1 unspecified atom stereocenters. The lowest BCUT2D eigenvalue weighted by Gasteiger charge is -2.14. The van der Waals surface area contributed by atoms with Crippen LogP contribution in [-0.4, -0.2) is 37.6 Å². The molecule has 0 saturated carbocycles. The van der Waals surface area contributed by atoms with Crippen molar-refractivity contribution >= 4 is 23.2 Å². The predicted molar refractivity (Wildman–Crippen MR) is 115 cm³/mol. The molecule has 1 aliphatic heterocycles. The van der Waals surface area contributed by atoms with E-state index in [0.717, 1.165) is 37.1 Å². The molecule has 2 amide bonds. The standard InChI is InChI=1S/C23H29N3O3/c1-3-17-8-4-7-16(2)22(17)24-15-21(27)26-19-10-5-9-18(13-19)23(28)25-14-20-11-6-12-29-20/h4-5,7-10,13,20,24H,3,6,11-12,14-15H2,1-2H3,(H,25,28)(H,26,27). The molecule has 6 heteroatoms. The topological polar surface area (TPSA) is 79.5 Å². The van der Waals surface area contributed by atoms with Crippen molar-refractivity contribution in [3.05, 3.63) is 59.2 Å². The van der Waals surface area contributed by atoms with Gasteiger partial charge in [-0.25, -0.2) is 0 Å². The maximum Gasteiger partial charge on any atom is 0.251 e. The molecular weight excluding hydrogens is 366 g/mol. The van der Waals surface area contributed by atoms with Crippen LogP contribution in [0.25, 0.3) is 0 Å². The Morgan fingerprint density at radius 3 is 2.76 bits per heavy atom. The smallest absolute Gasteiger partial charge is 0.251 e. The maximum atomic E-state index is 12.4.